The largest absolute Gasteiger partial charge is 0.485 e. The zero-order chi connectivity index (χ0) is 19.4. The van der Waals surface area contributed by atoms with E-state index in [9.17, 15) is 9.59 Å². The van der Waals surface area contributed by atoms with Gasteiger partial charge in [-0.3, -0.25) is 4.79 Å². The quantitative estimate of drug-likeness (QED) is 0.816. The Morgan fingerprint density at radius 3 is 2.67 bits per heavy atom. The fraction of sp³-hybridized carbons (Fsp3) is 0.632. The zero-order valence-corrected chi connectivity index (χ0v) is 15.9. The van der Waals surface area contributed by atoms with Crippen LogP contribution in [0.15, 0.2) is 18.3 Å². The summed E-state index contributed by atoms with van der Waals surface area (Å²) in [4.78, 5) is 31.6. The Balaban J connectivity index is 1.48. The Kier molecular flexibility index (Phi) is 6.03. The number of nitrogens with zero attached hydrogens (tertiary/aromatic N) is 3. The van der Waals surface area contributed by atoms with Crippen LogP contribution in [0.3, 0.4) is 0 Å². The molecule has 2 aliphatic rings. The molecule has 0 aromatic carbocycles. The molecule has 1 aromatic rings. The molecule has 8 heteroatoms. The van der Waals surface area contributed by atoms with E-state index in [1.54, 1.807) is 11.1 Å². The molecule has 0 bridgehead atoms. The maximum absolute atomic E-state index is 12.5. The molecule has 2 N–H and O–H groups in total. The van der Waals surface area contributed by atoms with Crippen LogP contribution in [-0.2, 0) is 4.79 Å². The third kappa shape index (κ3) is 4.81. The lowest BCUT2D eigenvalue weighted by molar-refractivity contribution is -0.142. The predicted octanol–water partition coefficient (Wildman–Crippen LogP) is 1.95. The number of carboxylic acids is 1. The van der Waals surface area contributed by atoms with Crippen molar-refractivity contribution >= 4 is 17.8 Å². The number of aromatic nitrogens is 1. The molecule has 2 fully saturated rings. The van der Waals surface area contributed by atoms with E-state index in [1.165, 1.54) is 0 Å². The van der Waals surface area contributed by atoms with Crippen LogP contribution in [0.25, 0.3) is 0 Å². The van der Waals surface area contributed by atoms with Gasteiger partial charge in [0, 0.05) is 39.3 Å². The number of pyridine rings is 1. The van der Waals surface area contributed by atoms with Gasteiger partial charge in [0.2, 0.25) is 0 Å². The van der Waals surface area contributed by atoms with E-state index >= 15 is 0 Å². The van der Waals surface area contributed by atoms with Gasteiger partial charge in [-0.2, -0.15) is 0 Å². The predicted molar refractivity (Wildman–Crippen MR) is 101 cm³/mol. The van der Waals surface area contributed by atoms with Crippen LogP contribution in [0.5, 0.6) is 5.75 Å². The molecule has 8 nitrogen and oxygen atoms in total. The molecule has 2 amide bonds. The van der Waals surface area contributed by atoms with Crippen LogP contribution >= 0.6 is 0 Å². The molecule has 1 saturated heterocycles. The number of carbonyl (C=O) groups excluding carboxylic acids is 1. The van der Waals surface area contributed by atoms with Gasteiger partial charge in [-0.15, -0.1) is 0 Å². The molecular weight excluding hydrogens is 348 g/mol. The zero-order valence-electron chi connectivity index (χ0n) is 15.9. The Labute approximate surface area is 159 Å². The van der Waals surface area contributed by atoms with Crippen LogP contribution < -0.4 is 15.0 Å². The second-order valence-corrected chi connectivity index (χ2v) is 7.53. The fourth-order valence-corrected chi connectivity index (χ4v) is 3.75. The van der Waals surface area contributed by atoms with Crippen molar-refractivity contribution in [3.63, 3.8) is 0 Å². The van der Waals surface area contributed by atoms with Crippen molar-refractivity contribution < 1.29 is 19.4 Å². The van der Waals surface area contributed by atoms with Crippen molar-refractivity contribution in [2.24, 2.45) is 5.92 Å². The van der Waals surface area contributed by atoms with Crippen LogP contribution in [0.2, 0.25) is 0 Å². The first kappa shape index (κ1) is 19.3. The van der Waals surface area contributed by atoms with Gasteiger partial charge in [0.05, 0.1) is 12.5 Å². The molecule has 1 atom stereocenters. The van der Waals surface area contributed by atoms with E-state index in [0.717, 1.165) is 30.8 Å². The van der Waals surface area contributed by atoms with Crippen LogP contribution in [0.4, 0.5) is 10.6 Å². The van der Waals surface area contributed by atoms with Crippen LogP contribution in [-0.4, -0.2) is 66.3 Å². The molecule has 2 heterocycles. The Morgan fingerprint density at radius 1 is 1.26 bits per heavy atom. The number of urea groups is 1. The second-order valence-electron chi connectivity index (χ2n) is 7.53. The van der Waals surface area contributed by atoms with Crippen molar-refractivity contribution in [3.05, 3.63) is 18.3 Å². The Bertz CT molecular complexity index is 673. The molecule has 27 heavy (non-hydrogen) atoms. The number of nitrogens with one attached hydrogen (secondary N) is 1. The van der Waals surface area contributed by atoms with Crippen molar-refractivity contribution in [3.8, 4) is 5.75 Å². The monoisotopic (exact) mass is 376 g/mol. The van der Waals surface area contributed by atoms with Gasteiger partial charge in [0.1, 0.15) is 6.10 Å². The first-order valence-corrected chi connectivity index (χ1v) is 9.51. The van der Waals surface area contributed by atoms with E-state index in [2.05, 4.69) is 10.3 Å². The summed E-state index contributed by atoms with van der Waals surface area (Å²) in [6.45, 7) is 1.19. The Hall–Kier alpha value is -2.51. The summed E-state index contributed by atoms with van der Waals surface area (Å²) < 4.78 is 6.09. The molecule has 1 aliphatic heterocycles. The molecule has 0 spiro atoms. The van der Waals surface area contributed by atoms with Gasteiger partial charge in [0.25, 0.3) is 0 Å². The third-order valence-electron chi connectivity index (χ3n) is 5.30. The third-order valence-corrected chi connectivity index (χ3v) is 5.30. The van der Waals surface area contributed by atoms with E-state index in [-0.39, 0.29) is 24.1 Å². The Morgan fingerprint density at radius 2 is 2.00 bits per heavy atom. The smallest absolute Gasteiger partial charge is 0.317 e. The van der Waals surface area contributed by atoms with Crippen molar-refractivity contribution in [1.29, 1.82) is 0 Å². The SMILES string of the molecule is CN(C)c1ncccc1OC1CCN(C(=O)NC2CCC(C(=O)O)CC2)C1. The van der Waals surface area contributed by atoms with Crippen LogP contribution in [0, 0.1) is 5.92 Å². The van der Waals surface area contributed by atoms with Crippen LogP contribution in [0.1, 0.15) is 32.1 Å². The number of likely N-dealkylation sites (tertiary alicyclic amines) is 1. The molecule has 0 radical (unpaired) electrons. The minimum Gasteiger partial charge on any atom is -0.485 e. The van der Waals surface area contributed by atoms with Crippen molar-refractivity contribution in [2.45, 2.75) is 44.2 Å². The summed E-state index contributed by atoms with van der Waals surface area (Å²) >= 11 is 0. The average Bonchev–Trinajstić information content (AvgIpc) is 3.11. The molecule has 148 valence electrons. The lowest BCUT2D eigenvalue weighted by Gasteiger charge is -2.28. The average molecular weight is 376 g/mol. The number of hydrogen-bond acceptors (Lipinski definition) is 5. The van der Waals surface area contributed by atoms with Crippen molar-refractivity contribution in [2.75, 3.05) is 32.1 Å². The lowest BCUT2D eigenvalue weighted by Crippen LogP contribution is -2.46. The highest BCUT2D eigenvalue weighted by Crippen LogP contribution is 2.27. The maximum Gasteiger partial charge on any atom is 0.317 e. The van der Waals surface area contributed by atoms with Gasteiger partial charge in [-0.25, -0.2) is 9.78 Å². The summed E-state index contributed by atoms with van der Waals surface area (Å²) in [5, 5.41) is 12.1. The number of anilines is 1. The number of carbonyl (C=O) groups is 2. The number of hydrogen-bond donors (Lipinski definition) is 2. The number of carboxylic acid groups (broad SMARTS) is 1. The van der Waals surface area contributed by atoms with Gasteiger partial charge in [0.15, 0.2) is 11.6 Å². The maximum atomic E-state index is 12.5. The summed E-state index contributed by atoms with van der Waals surface area (Å²) in [6.07, 6.45) is 5.15. The minimum atomic E-state index is -0.730. The molecular formula is C19H28N4O4. The highest BCUT2D eigenvalue weighted by molar-refractivity contribution is 5.75. The van der Waals surface area contributed by atoms with Gasteiger partial charge < -0.3 is 25.0 Å². The second kappa shape index (κ2) is 8.45. The number of ether oxygens (including phenoxy) is 1. The summed E-state index contributed by atoms with van der Waals surface area (Å²) in [7, 11) is 3.84. The fourth-order valence-electron chi connectivity index (χ4n) is 3.75. The standard InChI is InChI=1S/C19H28N4O4/c1-22(2)17-16(4-3-10-20-17)27-15-9-11-23(12-15)19(26)21-14-7-5-13(6-8-14)18(24)25/h3-4,10,13-15H,5-9,11-12H2,1-2H3,(H,21,26)(H,24,25). The van der Waals surface area contributed by atoms with Gasteiger partial charge in [-0.05, 0) is 37.8 Å². The molecule has 1 aliphatic carbocycles. The molecule has 1 saturated carbocycles. The number of rotatable bonds is 5. The van der Waals surface area contributed by atoms with E-state index < -0.39 is 5.97 Å². The lowest BCUT2D eigenvalue weighted by atomic mass is 9.86. The molecule has 3 rings (SSSR count). The summed E-state index contributed by atoms with van der Waals surface area (Å²) in [5.74, 6) is 0.497. The highest BCUT2D eigenvalue weighted by Gasteiger charge is 2.31. The number of amides is 2. The normalized spacial score (nSPS) is 25.1. The molecule has 1 unspecified atom stereocenters. The molecule has 1 aromatic heterocycles. The van der Waals surface area contributed by atoms with E-state index in [0.29, 0.717) is 25.9 Å². The van der Waals surface area contributed by atoms with Crippen molar-refractivity contribution in [1.82, 2.24) is 15.2 Å². The summed E-state index contributed by atoms with van der Waals surface area (Å²) in [5.41, 5.74) is 0. The van der Waals surface area contributed by atoms with Gasteiger partial charge in [-0.1, -0.05) is 0 Å². The number of aliphatic carboxylic acids is 1. The van der Waals surface area contributed by atoms with Gasteiger partial charge >= 0.3 is 12.0 Å². The van der Waals surface area contributed by atoms with E-state index in [1.807, 2.05) is 31.1 Å². The minimum absolute atomic E-state index is 0.0543. The first-order valence-electron chi connectivity index (χ1n) is 9.51. The van der Waals surface area contributed by atoms with E-state index in [4.69, 9.17) is 9.84 Å². The topological polar surface area (TPSA) is 95.0 Å². The summed E-state index contributed by atoms with van der Waals surface area (Å²) in [6, 6.07) is 3.71. The first-order chi connectivity index (χ1) is 12.9. The highest BCUT2D eigenvalue weighted by atomic mass is 16.5.